The van der Waals surface area contributed by atoms with Crippen LogP contribution in [-0.2, 0) is 4.79 Å². The molecule has 2 aromatic carbocycles. The molecule has 0 bridgehead atoms. The van der Waals surface area contributed by atoms with Crippen LogP contribution >= 0.6 is 0 Å². The molecule has 8 heteroatoms. The van der Waals surface area contributed by atoms with Gasteiger partial charge in [-0.05, 0) is 61.1 Å². The molecule has 0 atom stereocenters. The number of pyridine rings is 1. The van der Waals surface area contributed by atoms with Gasteiger partial charge in [-0.3, -0.25) is 14.9 Å². The summed E-state index contributed by atoms with van der Waals surface area (Å²) in [6.07, 6.45) is 5.75. The first kappa shape index (κ1) is 23.0. The lowest BCUT2D eigenvalue weighted by atomic mass is 9.65. The molecule has 3 heterocycles. The number of hydrogen-bond acceptors (Lipinski definition) is 5. The van der Waals surface area contributed by atoms with Crippen LogP contribution in [0.4, 0.5) is 5.95 Å². The predicted octanol–water partition coefficient (Wildman–Crippen LogP) is 5.22. The molecule has 1 spiro atoms. The van der Waals surface area contributed by atoms with E-state index in [1.54, 1.807) is 12.1 Å². The van der Waals surface area contributed by atoms with Gasteiger partial charge in [-0.25, -0.2) is 9.97 Å². The summed E-state index contributed by atoms with van der Waals surface area (Å²) in [4.78, 5) is 36.1. The van der Waals surface area contributed by atoms with Gasteiger partial charge in [-0.15, -0.1) is 0 Å². The van der Waals surface area contributed by atoms with Crippen LogP contribution < -0.4 is 10.1 Å². The number of anilines is 1. The Kier molecular flexibility index (Phi) is 5.71. The van der Waals surface area contributed by atoms with E-state index in [2.05, 4.69) is 21.4 Å². The van der Waals surface area contributed by atoms with E-state index in [0.717, 1.165) is 43.4 Å². The number of likely N-dealkylation sites (tertiary alicyclic amines) is 1. The number of imidazole rings is 1. The lowest BCUT2D eigenvalue weighted by molar-refractivity contribution is -0.125. The first-order valence-corrected chi connectivity index (χ1v) is 12.4. The summed E-state index contributed by atoms with van der Waals surface area (Å²) >= 11 is 0. The van der Waals surface area contributed by atoms with Gasteiger partial charge in [0.1, 0.15) is 5.75 Å². The Morgan fingerprint density at radius 3 is 2.59 bits per heavy atom. The Morgan fingerprint density at radius 2 is 1.84 bits per heavy atom. The summed E-state index contributed by atoms with van der Waals surface area (Å²) in [5.74, 6) is 1.32. The number of rotatable bonds is 6. The topological polar surface area (TPSA) is 89.4 Å². The van der Waals surface area contributed by atoms with Crippen LogP contribution in [0.1, 0.15) is 35.7 Å². The molecule has 2 amide bonds. The van der Waals surface area contributed by atoms with Crippen molar-refractivity contribution in [2.75, 3.05) is 18.4 Å². The first-order chi connectivity index (χ1) is 18.0. The average Bonchev–Trinajstić information content (AvgIpc) is 3.50. The fourth-order valence-electron chi connectivity index (χ4n) is 5.57. The standard InChI is InChI=1S/C29H27N5O3/c1-2-26(35)33-15-14-29(19-33)16-21(17-29)34-24-11-7-6-10-23(24)31-28(34)32-27(36)20-12-13-25(30-18-20)37-22-8-4-3-5-9-22/h2-13,18,21H,1,14-17,19H2,(H,31,32,36)/t21-,29-. The predicted molar refractivity (Wildman–Crippen MR) is 141 cm³/mol. The van der Waals surface area contributed by atoms with E-state index in [1.807, 2.05) is 59.5 Å². The van der Waals surface area contributed by atoms with E-state index in [9.17, 15) is 9.59 Å². The molecule has 1 saturated heterocycles. The van der Waals surface area contributed by atoms with Crippen LogP contribution in [0.15, 0.2) is 85.6 Å². The van der Waals surface area contributed by atoms with E-state index in [1.165, 1.54) is 12.3 Å². The van der Waals surface area contributed by atoms with E-state index in [4.69, 9.17) is 9.72 Å². The molecular formula is C29H27N5O3. The van der Waals surface area contributed by atoms with E-state index in [-0.39, 0.29) is 23.3 Å². The molecule has 2 aromatic heterocycles. The molecule has 2 fully saturated rings. The number of para-hydroxylation sites is 3. The molecular weight excluding hydrogens is 466 g/mol. The minimum absolute atomic E-state index is 0.00449. The third-order valence-corrected chi connectivity index (χ3v) is 7.41. The zero-order valence-electron chi connectivity index (χ0n) is 20.3. The number of nitrogens with one attached hydrogen (secondary N) is 1. The Morgan fingerprint density at radius 1 is 1.05 bits per heavy atom. The molecule has 1 aliphatic heterocycles. The SMILES string of the molecule is C=CC(=O)N1CC[C@]2(C1)C[C@H](n1c(NC(=O)c3ccc(Oc4ccccc4)nc3)nc3ccccc31)C2. The number of nitrogens with zero attached hydrogens (tertiary/aromatic N) is 4. The zero-order chi connectivity index (χ0) is 25.4. The summed E-state index contributed by atoms with van der Waals surface area (Å²) in [6.45, 7) is 5.14. The molecule has 0 radical (unpaired) electrons. The molecule has 37 heavy (non-hydrogen) atoms. The second-order valence-electron chi connectivity index (χ2n) is 9.82. The van der Waals surface area contributed by atoms with Gasteiger partial charge in [0.15, 0.2) is 0 Å². The zero-order valence-corrected chi connectivity index (χ0v) is 20.3. The fourth-order valence-corrected chi connectivity index (χ4v) is 5.57. The summed E-state index contributed by atoms with van der Waals surface area (Å²) < 4.78 is 7.87. The summed E-state index contributed by atoms with van der Waals surface area (Å²) in [6, 6.07) is 20.8. The molecule has 0 unspecified atom stereocenters. The van der Waals surface area contributed by atoms with Gasteiger partial charge in [-0.1, -0.05) is 36.9 Å². The highest BCUT2D eigenvalue weighted by atomic mass is 16.5. The van der Waals surface area contributed by atoms with Gasteiger partial charge in [0.2, 0.25) is 17.7 Å². The Hall–Kier alpha value is -4.46. The van der Waals surface area contributed by atoms with Crippen molar-refractivity contribution in [3.05, 3.63) is 91.1 Å². The third kappa shape index (κ3) is 4.35. The summed E-state index contributed by atoms with van der Waals surface area (Å²) in [5.41, 5.74) is 2.35. The Balaban J connectivity index is 1.19. The second-order valence-corrected chi connectivity index (χ2v) is 9.82. The van der Waals surface area contributed by atoms with Crippen molar-refractivity contribution in [1.29, 1.82) is 0 Å². The minimum Gasteiger partial charge on any atom is -0.439 e. The molecule has 8 nitrogen and oxygen atoms in total. The van der Waals surface area contributed by atoms with Gasteiger partial charge in [0.25, 0.3) is 5.91 Å². The smallest absolute Gasteiger partial charge is 0.259 e. The van der Waals surface area contributed by atoms with Crippen LogP contribution in [-0.4, -0.2) is 44.3 Å². The monoisotopic (exact) mass is 493 g/mol. The molecule has 2 aliphatic rings. The van der Waals surface area contributed by atoms with Gasteiger partial charge < -0.3 is 14.2 Å². The van der Waals surface area contributed by atoms with Crippen molar-refractivity contribution in [2.45, 2.75) is 25.3 Å². The normalized spacial score (nSPS) is 20.5. The van der Waals surface area contributed by atoms with Crippen molar-refractivity contribution >= 4 is 28.8 Å². The van der Waals surface area contributed by atoms with Gasteiger partial charge in [-0.2, -0.15) is 0 Å². The lowest BCUT2D eigenvalue weighted by Gasteiger charge is -2.46. The molecule has 186 valence electrons. The molecule has 1 saturated carbocycles. The number of hydrogen-bond donors (Lipinski definition) is 1. The first-order valence-electron chi connectivity index (χ1n) is 12.4. The van der Waals surface area contributed by atoms with Crippen LogP contribution in [0.25, 0.3) is 11.0 Å². The van der Waals surface area contributed by atoms with Crippen LogP contribution in [0.2, 0.25) is 0 Å². The van der Waals surface area contributed by atoms with Gasteiger partial charge in [0.05, 0.1) is 16.6 Å². The maximum absolute atomic E-state index is 13.1. The number of amides is 2. The fraction of sp³-hybridized carbons (Fsp3) is 0.241. The van der Waals surface area contributed by atoms with Crippen LogP contribution in [0, 0.1) is 5.41 Å². The van der Waals surface area contributed by atoms with E-state index >= 15 is 0 Å². The summed E-state index contributed by atoms with van der Waals surface area (Å²) in [7, 11) is 0. The van der Waals surface area contributed by atoms with Crippen molar-refractivity contribution in [2.24, 2.45) is 5.41 Å². The largest absolute Gasteiger partial charge is 0.439 e. The second kappa shape index (κ2) is 9.20. The van der Waals surface area contributed by atoms with E-state index in [0.29, 0.717) is 23.1 Å². The molecule has 4 aromatic rings. The molecule has 1 N–H and O–H groups in total. The van der Waals surface area contributed by atoms with Crippen molar-refractivity contribution < 1.29 is 14.3 Å². The number of benzene rings is 2. The third-order valence-electron chi connectivity index (χ3n) is 7.41. The number of carbonyl (C=O) groups excluding carboxylic acids is 2. The minimum atomic E-state index is -0.284. The Labute approximate surface area is 214 Å². The maximum Gasteiger partial charge on any atom is 0.259 e. The van der Waals surface area contributed by atoms with Crippen molar-refractivity contribution in [3.8, 4) is 11.6 Å². The number of fused-ring (bicyclic) bond motifs is 1. The van der Waals surface area contributed by atoms with E-state index < -0.39 is 0 Å². The van der Waals surface area contributed by atoms with Gasteiger partial charge in [0, 0.05) is 31.4 Å². The number of ether oxygens (including phenoxy) is 1. The summed E-state index contributed by atoms with van der Waals surface area (Å²) in [5, 5.41) is 3.00. The quantitative estimate of drug-likeness (QED) is 0.372. The molecule has 6 rings (SSSR count). The van der Waals surface area contributed by atoms with Crippen LogP contribution in [0.3, 0.4) is 0 Å². The maximum atomic E-state index is 13.1. The van der Waals surface area contributed by atoms with Crippen molar-refractivity contribution in [1.82, 2.24) is 19.4 Å². The molecule has 1 aliphatic carbocycles. The number of aromatic nitrogens is 3. The van der Waals surface area contributed by atoms with Crippen LogP contribution in [0.5, 0.6) is 11.6 Å². The lowest BCUT2D eigenvalue weighted by Crippen LogP contribution is -2.42. The highest BCUT2D eigenvalue weighted by Gasteiger charge is 2.50. The average molecular weight is 494 g/mol. The Bertz CT molecular complexity index is 1470. The highest BCUT2D eigenvalue weighted by molar-refractivity contribution is 6.04. The number of carbonyl (C=O) groups is 2. The van der Waals surface area contributed by atoms with Gasteiger partial charge >= 0.3 is 0 Å². The van der Waals surface area contributed by atoms with Crippen molar-refractivity contribution in [3.63, 3.8) is 0 Å². The highest BCUT2D eigenvalue weighted by Crippen LogP contribution is 2.55.